The molecule has 0 aliphatic carbocycles. The highest BCUT2D eigenvalue weighted by molar-refractivity contribution is 5.94. The van der Waals surface area contributed by atoms with Crippen LogP contribution in [-0.4, -0.2) is 19.1 Å². The molecular weight excluding hydrogens is 406 g/mol. The summed E-state index contributed by atoms with van der Waals surface area (Å²) in [6, 6.07) is 21.4. The van der Waals surface area contributed by atoms with E-state index in [1.165, 1.54) is 0 Å². The highest BCUT2D eigenvalue weighted by Crippen LogP contribution is 2.26. The van der Waals surface area contributed by atoms with E-state index >= 15 is 0 Å². The van der Waals surface area contributed by atoms with Crippen molar-refractivity contribution in [3.05, 3.63) is 88.8 Å². The molecule has 4 rings (SSSR count). The second-order valence-electron chi connectivity index (χ2n) is 7.36. The Kier molecular flexibility index (Phi) is 5.94. The van der Waals surface area contributed by atoms with Gasteiger partial charge in [0.15, 0.2) is 6.10 Å². The third kappa shape index (κ3) is 4.34. The van der Waals surface area contributed by atoms with Crippen LogP contribution in [-0.2, 0) is 4.79 Å². The maximum absolute atomic E-state index is 13.1. The molecule has 162 valence electrons. The van der Waals surface area contributed by atoms with Gasteiger partial charge in [0, 0.05) is 11.8 Å². The van der Waals surface area contributed by atoms with E-state index < -0.39 is 6.10 Å². The lowest BCUT2D eigenvalue weighted by Gasteiger charge is -2.15. The van der Waals surface area contributed by atoms with Gasteiger partial charge in [-0.25, -0.2) is 0 Å². The van der Waals surface area contributed by atoms with Crippen molar-refractivity contribution in [2.24, 2.45) is 0 Å². The van der Waals surface area contributed by atoms with Crippen LogP contribution in [0.15, 0.2) is 82.0 Å². The van der Waals surface area contributed by atoms with E-state index in [0.717, 1.165) is 5.56 Å². The van der Waals surface area contributed by atoms with E-state index in [9.17, 15) is 9.59 Å². The van der Waals surface area contributed by atoms with Gasteiger partial charge in [0.2, 0.25) is 5.43 Å². The fourth-order valence-electron chi connectivity index (χ4n) is 3.47. The van der Waals surface area contributed by atoms with Crippen LogP contribution in [0.3, 0.4) is 0 Å². The second kappa shape index (κ2) is 8.98. The molecule has 1 heterocycles. The maximum atomic E-state index is 13.1. The van der Waals surface area contributed by atoms with Crippen molar-refractivity contribution >= 4 is 22.6 Å². The maximum Gasteiger partial charge on any atom is 0.265 e. The number of benzene rings is 3. The van der Waals surface area contributed by atoms with E-state index in [2.05, 4.69) is 5.32 Å². The lowest BCUT2D eigenvalue weighted by atomic mass is 10.0. The monoisotopic (exact) mass is 429 g/mol. The zero-order valence-electron chi connectivity index (χ0n) is 18.0. The van der Waals surface area contributed by atoms with E-state index in [0.29, 0.717) is 39.5 Å². The van der Waals surface area contributed by atoms with Gasteiger partial charge in [-0.05, 0) is 55.8 Å². The van der Waals surface area contributed by atoms with Crippen LogP contribution < -0.4 is 20.2 Å². The summed E-state index contributed by atoms with van der Waals surface area (Å²) >= 11 is 0. The topological polar surface area (TPSA) is 77.8 Å². The molecular formula is C26H23NO5. The Hall–Kier alpha value is -4.06. The average molecular weight is 429 g/mol. The third-order valence-corrected chi connectivity index (χ3v) is 5.14. The highest BCUT2D eigenvalue weighted by Gasteiger charge is 2.17. The van der Waals surface area contributed by atoms with Gasteiger partial charge in [-0.1, -0.05) is 30.3 Å². The Morgan fingerprint density at radius 1 is 0.969 bits per heavy atom. The smallest absolute Gasteiger partial charge is 0.265 e. The van der Waals surface area contributed by atoms with E-state index in [1.54, 1.807) is 63.4 Å². The number of carbonyl (C=O) groups is 1. The van der Waals surface area contributed by atoms with Crippen LogP contribution in [0.5, 0.6) is 11.5 Å². The van der Waals surface area contributed by atoms with Crippen molar-refractivity contribution < 1.29 is 18.7 Å². The molecule has 0 bridgehead atoms. The number of methoxy groups -OCH3 is 1. The number of ether oxygens (including phenoxy) is 2. The molecule has 1 N–H and O–H groups in total. The molecule has 0 saturated carbocycles. The number of amides is 1. The first-order chi connectivity index (χ1) is 15.5. The van der Waals surface area contributed by atoms with Gasteiger partial charge >= 0.3 is 0 Å². The number of hydrogen-bond acceptors (Lipinski definition) is 5. The molecule has 6 nitrogen and oxygen atoms in total. The fourth-order valence-corrected chi connectivity index (χ4v) is 3.47. The van der Waals surface area contributed by atoms with E-state index in [1.807, 2.05) is 30.3 Å². The summed E-state index contributed by atoms with van der Waals surface area (Å²) in [4.78, 5) is 25.6. The molecule has 1 amide bonds. The third-order valence-electron chi connectivity index (χ3n) is 5.14. The molecule has 1 atom stereocenters. The minimum atomic E-state index is -0.758. The first kappa shape index (κ1) is 21.2. The van der Waals surface area contributed by atoms with Crippen LogP contribution >= 0.6 is 0 Å². The molecule has 32 heavy (non-hydrogen) atoms. The molecule has 3 aromatic carbocycles. The minimum Gasteiger partial charge on any atom is -0.497 e. The molecule has 1 unspecified atom stereocenters. The zero-order valence-corrected chi connectivity index (χ0v) is 18.0. The first-order valence-corrected chi connectivity index (χ1v) is 10.2. The van der Waals surface area contributed by atoms with Crippen molar-refractivity contribution in [2.75, 3.05) is 12.4 Å². The summed E-state index contributed by atoms with van der Waals surface area (Å²) in [7, 11) is 1.58. The number of fused-ring (bicyclic) bond motifs is 1. The number of nitrogens with one attached hydrogen (secondary N) is 1. The predicted octanol–water partition coefficient (Wildman–Crippen LogP) is 5.18. The zero-order chi connectivity index (χ0) is 22.7. The molecule has 0 aliphatic heterocycles. The van der Waals surface area contributed by atoms with Crippen LogP contribution in [0, 0.1) is 6.92 Å². The quantitative estimate of drug-likeness (QED) is 0.457. The highest BCUT2D eigenvalue weighted by atomic mass is 16.5. The number of rotatable bonds is 6. The largest absolute Gasteiger partial charge is 0.497 e. The van der Waals surface area contributed by atoms with Gasteiger partial charge in [0.1, 0.15) is 22.8 Å². The number of hydrogen-bond donors (Lipinski definition) is 1. The van der Waals surface area contributed by atoms with Crippen molar-refractivity contribution in [3.8, 4) is 22.6 Å². The Labute approximate surface area is 185 Å². The van der Waals surface area contributed by atoms with E-state index in [-0.39, 0.29) is 11.3 Å². The summed E-state index contributed by atoms with van der Waals surface area (Å²) in [5.74, 6) is 1.36. The van der Waals surface area contributed by atoms with Crippen molar-refractivity contribution in [1.29, 1.82) is 0 Å². The van der Waals surface area contributed by atoms with Gasteiger partial charge in [0.05, 0.1) is 18.1 Å². The molecule has 4 aromatic rings. The lowest BCUT2D eigenvalue weighted by molar-refractivity contribution is -0.122. The first-order valence-electron chi connectivity index (χ1n) is 10.2. The number of aryl methyl sites for hydroxylation is 1. The Bertz CT molecular complexity index is 1310. The van der Waals surface area contributed by atoms with Gasteiger partial charge < -0.3 is 19.2 Å². The van der Waals surface area contributed by atoms with Crippen LogP contribution in [0.4, 0.5) is 5.69 Å². The number of carbonyl (C=O) groups excluding carboxylic acids is 1. The van der Waals surface area contributed by atoms with Gasteiger partial charge in [0.25, 0.3) is 5.91 Å². The Morgan fingerprint density at radius 2 is 1.66 bits per heavy atom. The minimum absolute atomic E-state index is 0.105. The molecule has 0 spiro atoms. The summed E-state index contributed by atoms with van der Waals surface area (Å²) in [5, 5.41) is 3.26. The van der Waals surface area contributed by atoms with Gasteiger partial charge in [-0.2, -0.15) is 0 Å². The summed E-state index contributed by atoms with van der Waals surface area (Å²) in [5.41, 5.74) is 2.29. The molecule has 1 aromatic heterocycles. The second-order valence-corrected chi connectivity index (χ2v) is 7.36. The van der Waals surface area contributed by atoms with Gasteiger partial charge in [-0.15, -0.1) is 0 Å². The Balaban J connectivity index is 1.54. The molecule has 0 radical (unpaired) electrons. The Morgan fingerprint density at radius 3 is 2.34 bits per heavy atom. The summed E-state index contributed by atoms with van der Waals surface area (Å²) < 4.78 is 16.8. The van der Waals surface area contributed by atoms with Crippen molar-refractivity contribution in [2.45, 2.75) is 20.0 Å². The predicted molar refractivity (Wildman–Crippen MR) is 124 cm³/mol. The standard InChI is InChI=1S/C26H23NO5/c1-16-24(18-7-5-4-6-8-18)25(28)22-14-13-21(15-23(22)32-16)31-17(2)26(29)27-19-9-11-20(30-3)12-10-19/h4-15,17H,1-3H3,(H,27,29). The van der Waals surface area contributed by atoms with Crippen LogP contribution in [0.1, 0.15) is 12.7 Å². The normalized spacial score (nSPS) is 11.7. The molecule has 0 aliphatic rings. The SMILES string of the molecule is COc1ccc(NC(=O)C(C)Oc2ccc3c(=O)c(-c4ccccc4)c(C)oc3c2)cc1. The fraction of sp³-hybridized carbons (Fsp3) is 0.154. The molecule has 0 saturated heterocycles. The van der Waals surface area contributed by atoms with Crippen molar-refractivity contribution in [3.63, 3.8) is 0 Å². The molecule has 0 fully saturated rings. The summed E-state index contributed by atoms with van der Waals surface area (Å²) in [6.07, 6.45) is -0.758. The average Bonchev–Trinajstić information content (AvgIpc) is 2.80. The molecule has 6 heteroatoms. The lowest BCUT2D eigenvalue weighted by Crippen LogP contribution is -2.30. The van der Waals surface area contributed by atoms with Gasteiger partial charge in [-0.3, -0.25) is 9.59 Å². The van der Waals surface area contributed by atoms with Crippen LogP contribution in [0.25, 0.3) is 22.1 Å². The number of anilines is 1. The van der Waals surface area contributed by atoms with Crippen LogP contribution in [0.2, 0.25) is 0 Å². The van der Waals surface area contributed by atoms with E-state index in [4.69, 9.17) is 13.9 Å². The summed E-state index contributed by atoms with van der Waals surface area (Å²) in [6.45, 7) is 3.42. The van der Waals surface area contributed by atoms with Crippen molar-refractivity contribution in [1.82, 2.24) is 0 Å².